The predicted octanol–water partition coefficient (Wildman–Crippen LogP) is 3.86. The van der Waals surface area contributed by atoms with Crippen molar-refractivity contribution < 1.29 is 4.79 Å². The highest BCUT2D eigenvalue weighted by atomic mass is 32.2. The van der Waals surface area contributed by atoms with Gasteiger partial charge in [0.25, 0.3) is 0 Å². The lowest BCUT2D eigenvalue weighted by molar-refractivity contribution is -0.119. The van der Waals surface area contributed by atoms with Crippen LogP contribution in [0.3, 0.4) is 0 Å². The molecule has 0 aliphatic heterocycles. The van der Waals surface area contributed by atoms with Gasteiger partial charge in [-0.15, -0.1) is 10.2 Å². The van der Waals surface area contributed by atoms with Crippen LogP contribution in [0.2, 0.25) is 0 Å². The van der Waals surface area contributed by atoms with Crippen LogP contribution >= 0.6 is 11.8 Å². The molecule has 0 unspecified atom stereocenters. The van der Waals surface area contributed by atoms with E-state index in [1.165, 1.54) is 17.3 Å². The van der Waals surface area contributed by atoms with Crippen molar-refractivity contribution in [2.45, 2.75) is 37.9 Å². The Hall–Kier alpha value is -2.60. The summed E-state index contributed by atoms with van der Waals surface area (Å²) in [4.78, 5) is 12.2. The van der Waals surface area contributed by atoms with Gasteiger partial charge in [0.2, 0.25) is 5.91 Å². The maximum absolute atomic E-state index is 12.2. The molecular formula is C21H24N4OS. The normalized spacial score (nSPS) is 11.4. The topological polar surface area (TPSA) is 59.8 Å². The number of para-hydroxylation sites is 1. The fourth-order valence-corrected chi connectivity index (χ4v) is 3.48. The minimum Gasteiger partial charge on any atom is -0.351 e. The molecule has 3 aromatic rings. The van der Waals surface area contributed by atoms with Crippen LogP contribution in [0.1, 0.15) is 32.2 Å². The Morgan fingerprint density at radius 2 is 1.63 bits per heavy atom. The third-order valence-corrected chi connectivity index (χ3v) is 4.70. The van der Waals surface area contributed by atoms with Crippen molar-refractivity contribution in [3.8, 4) is 5.69 Å². The Labute approximate surface area is 164 Å². The largest absolute Gasteiger partial charge is 0.351 e. The van der Waals surface area contributed by atoms with Crippen LogP contribution in [-0.2, 0) is 11.2 Å². The third-order valence-electron chi connectivity index (χ3n) is 3.77. The molecule has 0 spiro atoms. The van der Waals surface area contributed by atoms with E-state index in [1.807, 2.05) is 73.9 Å². The first kappa shape index (κ1) is 19.2. The van der Waals surface area contributed by atoms with Gasteiger partial charge in [-0.25, -0.2) is 0 Å². The van der Waals surface area contributed by atoms with Crippen molar-refractivity contribution in [3.05, 3.63) is 72.1 Å². The molecule has 3 rings (SSSR count). The molecule has 1 N–H and O–H groups in total. The van der Waals surface area contributed by atoms with Crippen LogP contribution in [0.4, 0.5) is 0 Å². The maximum Gasteiger partial charge on any atom is 0.230 e. The lowest BCUT2D eigenvalue weighted by Crippen LogP contribution is -2.41. The van der Waals surface area contributed by atoms with Crippen LogP contribution in [0.5, 0.6) is 0 Å². The van der Waals surface area contributed by atoms with E-state index in [0.29, 0.717) is 12.2 Å². The molecule has 6 heteroatoms. The standard InChI is InChI=1S/C21H24N4OS/c1-21(2,3)22-19(26)15-27-20-24-23-18(14-16-10-6-4-7-11-16)25(20)17-12-8-5-9-13-17/h4-13H,14-15H2,1-3H3,(H,22,26). The monoisotopic (exact) mass is 380 g/mol. The highest BCUT2D eigenvalue weighted by Gasteiger charge is 2.18. The molecule has 1 aromatic heterocycles. The number of rotatable bonds is 6. The lowest BCUT2D eigenvalue weighted by atomic mass is 10.1. The van der Waals surface area contributed by atoms with Crippen molar-refractivity contribution in [2.75, 3.05) is 5.75 Å². The van der Waals surface area contributed by atoms with Crippen molar-refractivity contribution in [1.82, 2.24) is 20.1 Å². The van der Waals surface area contributed by atoms with Gasteiger partial charge in [-0.1, -0.05) is 60.3 Å². The zero-order chi connectivity index (χ0) is 19.3. The summed E-state index contributed by atoms with van der Waals surface area (Å²) in [7, 11) is 0. The Bertz CT molecular complexity index is 886. The number of nitrogens with one attached hydrogen (secondary N) is 1. The number of thioether (sulfide) groups is 1. The Morgan fingerprint density at radius 3 is 2.26 bits per heavy atom. The lowest BCUT2D eigenvalue weighted by Gasteiger charge is -2.20. The SMILES string of the molecule is CC(C)(C)NC(=O)CSc1nnc(Cc2ccccc2)n1-c1ccccc1. The smallest absolute Gasteiger partial charge is 0.230 e. The molecule has 27 heavy (non-hydrogen) atoms. The molecule has 5 nitrogen and oxygen atoms in total. The molecule has 0 saturated heterocycles. The Balaban J connectivity index is 1.84. The van der Waals surface area contributed by atoms with Gasteiger partial charge in [0.1, 0.15) is 5.82 Å². The van der Waals surface area contributed by atoms with Crippen molar-refractivity contribution >= 4 is 17.7 Å². The first-order chi connectivity index (χ1) is 12.9. The zero-order valence-corrected chi connectivity index (χ0v) is 16.7. The van der Waals surface area contributed by atoms with Crippen LogP contribution < -0.4 is 5.32 Å². The second-order valence-electron chi connectivity index (χ2n) is 7.32. The van der Waals surface area contributed by atoms with E-state index in [2.05, 4.69) is 27.6 Å². The number of hydrogen-bond acceptors (Lipinski definition) is 4. The molecule has 0 radical (unpaired) electrons. The Kier molecular flexibility index (Phi) is 5.96. The summed E-state index contributed by atoms with van der Waals surface area (Å²) in [5.74, 6) is 1.14. The first-order valence-electron chi connectivity index (χ1n) is 8.90. The van der Waals surface area contributed by atoms with Gasteiger partial charge in [-0.05, 0) is 38.5 Å². The average Bonchev–Trinajstić information content (AvgIpc) is 3.02. The van der Waals surface area contributed by atoms with Gasteiger partial charge in [0, 0.05) is 17.6 Å². The van der Waals surface area contributed by atoms with Crippen LogP contribution in [-0.4, -0.2) is 32.0 Å². The third kappa shape index (κ3) is 5.44. The van der Waals surface area contributed by atoms with Gasteiger partial charge < -0.3 is 5.32 Å². The minimum atomic E-state index is -0.247. The second-order valence-corrected chi connectivity index (χ2v) is 8.26. The van der Waals surface area contributed by atoms with E-state index < -0.39 is 0 Å². The summed E-state index contributed by atoms with van der Waals surface area (Å²) < 4.78 is 2.03. The van der Waals surface area contributed by atoms with Crippen LogP contribution in [0.15, 0.2) is 65.8 Å². The molecule has 2 aromatic carbocycles. The van der Waals surface area contributed by atoms with E-state index in [1.54, 1.807) is 0 Å². The van der Waals surface area contributed by atoms with E-state index in [9.17, 15) is 4.79 Å². The van der Waals surface area contributed by atoms with E-state index in [0.717, 1.165) is 16.7 Å². The number of amides is 1. The molecule has 0 atom stereocenters. The molecule has 0 aliphatic carbocycles. The quantitative estimate of drug-likeness (QED) is 0.660. The Morgan fingerprint density at radius 1 is 1.00 bits per heavy atom. The summed E-state index contributed by atoms with van der Waals surface area (Å²) in [6, 6.07) is 20.2. The fourth-order valence-electron chi connectivity index (χ4n) is 2.71. The average molecular weight is 381 g/mol. The summed E-state index contributed by atoms with van der Waals surface area (Å²) in [6.45, 7) is 5.92. The van der Waals surface area contributed by atoms with Crippen molar-refractivity contribution in [2.24, 2.45) is 0 Å². The fraction of sp³-hybridized carbons (Fsp3) is 0.286. The molecule has 1 amide bonds. The van der Waals surface area contributed by atoms with Crippen molar-refractivity contribution in [1.29, 1.82) is 0 Å². The van der Waals surface area contributed by atoms with Gasteiger partial charge in [-0.3, -0.25) is 9.36 Å². The van der Waals surface area contributed by atoms with E-state index in [4.69, 9.17) is 0 Å². The molecule has 0 saturated carbocycles. The van der Waals surface area contributed by atoms with Crippen molar-refractivity contribution in [3.63, 3.8) is 0 Å². The van der Waals surface area contributed by atoms with Gasteiger partial charge in [0.15, 0.2) is 5.16 Å². The summed E-state index contributed by atoms with van der Waals surface area (Å²) in [6.07, 6.45) is 0.678. The molecule has 1 heterocycles. The molecule has 0 bridgehead atoms. The highest BCUT2D eigenvalue weighted by Crippen LogP contribution is 2.23. The number of carbonyl (C=O) groups excluding carboxylic acids is 1. The van der Waals surface area contributed by atoms with E-state index in [-0.39, 0.29) is 11.4 Å². The van der Waals surface area contributed by atoms with Crippen LogP contribution in [0, 0.1) is 0 Å². The maximum atomic E-state index is 12.2. The van der Waals surface area contributed by atoms with Gasteiger partial charge >= 0.3 is 0 Å². The zero-order valence-electron chi connectivity index (χ0n) is 15.8. The summed E-state index contributed by atoms with van der Waals surface area (Å²) in [5.41, 5.74) is 1.92. The van der Waals surface area contributed by atoms with E-state index >= 15 is 0 Å². The number of nitrogens with zero attached hydrogens (tertiary/aromatic N) is 3. The number of hydrogen-bond donors (Lipinski definition) is 1. The number of aromatic nitrogens is 3. The highest BCUT2D eigenvalue weighted by molar-refractivity contribution is 7.99. The number of carbonyl (C=O) groups is 1. The van der Waals surface area contributed by atoms with Gasteiger partial charge in [0.05, 0.1) is 5.75 Å². The predicted molar refractivity (Wildman–Crippen MR) is 109 cm³/mol. The summed E-state index contributed by atoms with van der Waals surface area (Å²) >= 11 is 1.40. The minimum absolute atomic E-state index is 0.0141. The molecule has 0 fully saturated rings. The molecular weight excluding hydrogens is 356 g/mol. The summed E-state index contributed by atoms with van der Waals surface area (Å²) in [5, 5.41) is 12.5. The molecule has 0 aliphatic rings. The van der Waals surface area contributed by atoms with Crippen LogP contribution in [0.25, 0.3) is 5.69 Å². The first-order valence-corrected chi connectivity index (χ1v) is 9.88. The second kappa shape index (κ2) is 8.39. The van der Waals surface area contributed by atoms with Gasteiger partial charge in [-0.2, -0.15) is 0 Å². The molecule has 140 valence electrons. The number of benzene rings is 2.